The molecule has 1 saturated heterocycles. The number of aromatic nitrogens is 3. The molecule has 5 heteroatoms. The van der Waals surface area contributed by atoms with E-state index in [9.17, 15) is 0 Å². The fraction of sp³-hybridized carbons (Fsp3) is 0.300. The Balaban J connectivity index is 1.81. The van der Waals surface area contributed by atoms with Crippen LogP contribution in [0.5, 0.6) is 0 Å². The number of rotatable bonds is 4. The second-order valence-corrected chi connectivity index (χ2v) is 6.95. The Morgan fingerprint density at radius 2 is 1.76 bits per heavy atom. The Bertz CT molecular complexity index is 867. The molecule has 1 aliphatic heterocycles. The lowest BCUT2D eigenvalue weighted by Crippen LogP contribution is -2.21. The Morgan fingerprint density at radius 3 is 2.52 bits per heavy atom. The summed E-state index contributed by atoms with van der Waals surface area (Å²) >= 11 is 6.30. The Labute approximate surface area is 153 Å². The van der Waals surface area contributed by atoms with Gasteiger partial charge in [0.1, 0.15) is 5.82 Å². The number of likely N-dealkylation sites (tertiary alicyclic amines) is 1. The lowest BCUT2D eigenvalue weighted by atomic mass is 10.0. The molecular weight excluding hydrogens is 332 g/mol. The molecule has 0 aliphatic carbocycles. The summed E-state index contributed by atoms with van der Waals surface area (Å²) in [5.41, 5.74) is 3.31. The summed E-state index contributed by atoms with van der Waals surface area (Å²) in [4.78, 5) is 2.44. The molecule has 4 nitrogen and oxygen atoms in total. The SMILES string of the molecule is Cc1nnc(CN2CCCC2)n1-c1ccc(Cl)cc1-c1ccccc1. The van der Waals surface area contributed by atoms with Crippen LogP contribution in [0.15, 0.2) is 48.5 Å². The van der Waals surface area contributed by atoms with Crippen molar-refractivity contribution in [2.24, 2.45) is 0 Å². The molecule has 0 radical (unpaired) electrons. The van der Waals surface area contributed by atoms with Gasteiger partial charge < -0.3 is 0 Å². The molecule has 0 saturated carbocycles. The van der Waals surface area contributed by atoms with E-state index >= 15 is 0 Å². The fourth-order valence-corrected chi connectivity index (χ4v) is 3.69. The summed E-state index contributed by atoms with van der Waals surface area (Å²) in [6.07, 6.45) is 2.53. The number of aryl methyl sites for hydroxylation is 1. The van der Waals surface area contributed by atoms with Crippen LogP contribution in [0.3, 0.4) is 0 Å². The predicted octanol–water partition coefficient (Wildman–Crippen LogP) is 4.49. The molecule has 0 unspecified atom stereocenters. The summed E-state index contributed by atoms with van der Waals surface area (Å²) in [5.74, 6) is 1.88. The normalized spacial score (nSPS) is 15.0. The first-order valence-corrected chi connectivity index (χ1v) is 9.09. The van der Waals surface area contributed by atoms with Crippen molar-refractivity contribution >= 4 is 11.6 Å². The van der Waals surface area contributed by atoms with Gasteiger partial charge in [-0.1, -0.05) is 41.9 Å². The third-order valence-corrected chi connectivity index (χ3v) is 4.97. The van der Waals surface area contributed by atoms with Crippen molar-refractivity contribution in [3.05, 3.63) is 65.2 Å². The minimum Gasteiger partial charge on any atom is -0.296 e. The first kappa shape index (κ1) is 16.3. The molecule has 0 spiro atoms. The number of benzene rings is 2. The van der Waals surface area contributed by atoms with E-state index in [4.69, 9.17) is 11.6 Å². The molecule has 0 amide bonds. The van der Waals surface area contributed by atoms with Crippen LogP contribution in [0.1, 0.15) is 24.5 Å². The van der Waals surface area contributed by atoms with Crippen molar-refractivity contribution in [1.29, 1.82) is 0 Å². The second-order valence-electron chi connectivity index (χ2n) is 6.51. The van der Waals surface area contributed by atoms with E-state index in [0.717, 1.165) is 53.1 Å². The standard InChI is InChI=1S/C20H21ClN4/c1-15-22-23-20(14-24-11-5-6-12-24)25(15)19-10-9-17(21)13-18(19)16-7-3-2-4-8-16/h2-4,7-10,13H,5-6,11-12,14H2,1H3. The average Bonchev–Trinajstić information content (AvgIpc) is 3.27. The molecule has 4 rings (SSSR count). The summed E-state index contributed by atoms with van der Waals surface area (Å²) in [5, 5.41) is 9.53. The molecule has 25 heavy (non-hydrogen) atoms. The van der Waals surface area contributed by atoms with Gasteiger partial charge >= 0.3 is 0 Å². The fourth-order valence-electron chi connectivity index (χ4n) is 3.51. The van der Waals surface area contributed by atoms with Crippen LogP contribution < -0.4 is 0 Å². The number of hydrogen-bond acceptors (Lipinski definition) is 3. The van der Waals surface area contributed by atoms with Gasteiger partial charge in [0.2, 0.25) is 0 Å². The van der Waals surface area contributed by atoms with Crippen LogP contribution in [-0.2, 0) is 6.54 Å². The van der Waals surface area contributed by atoms with E-state index in [1.54, 1.807) is 0 Å². The lowest BCUT2D eigenvalue weighted by Gasteiger charge is -2.18. The summed E-state index contributed by atoms with van der Waals surface area (Å²) in [6.45, 7) is 5.11. The summed E-state index contributed by atoms with van der Waals surface area (Å²) in [6, 6.07) is 16.3. The van der Waals surface area contributed by atoms with Crippen LogP contribution in [0, 0.1) is 6.92 Å². The third-order valence-electron chi connectivity index (χ3n) is 4.74. The first-order valence-electron chi connectivity index (χ1n) is 8.71. The van der Waals surface area contributed by atoms with Gasteiger partial charge in [0.15, 0.2) is 5.82 Å². The molecule has 3 aromatic rings. The highest BCUT2D eigenvalue weighted by Gasteiger charge is 2.19. The van der Waals surface area contributed by atoms with Gasteiger partial charge in [0.25, 0.3) is 0 Å². The highest BCUT2D eigenvalue weighted by Crippen LogP contribution is 2.31. The molecule has 0 atom stereocenters. The Morgan fingerprint density at radius 1 is 1.00 bits per heavy atom. The van der Waals surface area contributed by atoms with Crippen molar-refractivity contribution < 1.29 is 0 Å². The van der Waals surface area contributed by atoms with Gasteiger partial charge in [-0.25, -0.2) is 0 Å². The highest BCUT2D eigenvalue weighted by molar-refractivity contribution is 6.31. The predicted molar refractivity (Wildman–Crippen MR) is 101 cm³/mol. The zero-order valence-corrected chi connectivity index (χ0v) is 15.1. The average molecular weight is 353 g/mol. The monoisotopic (exact) mass is 352 g/mol. The van der Waals surface area contributed by atoms with E-state index in [1.807, 2.05) is 37.3 Å². The van der Waals surface area contributed by atoms with Crippen molar-refractivity contribution in [3.8, 4) is 16.8 Å². The molecule has 0 bridgehead atoms. The van der Waals surface area contributed by atoms with Gasteiger partial charge in [0, 0.05) is 10.6 Å². The number of hydrogen-bond donors (Lipinski definition) is 0. The molecule has 128 valence electrons. The van der Waals surface area contributed by atoms with E-state index in [-0.39, 0.29) is 0 Å². The van der Waals surface area contributed by atoms with Crippen molar-refractivity contribution in [3.63, 3.8) is 0 Å². The van der Waals surface area contributed by atoms with Crippen LogP contribution in [0.25, 0.3) is 16.8 Å². The summed E-state index contributed by atoms with van der Waals surface area (Å²) in [7, 11) is 0. The second kappa shape index (κ2) is 6.98. The van der Waals surface area contributed by atoms with Crippen LogP contribution >= 0.6 is 11.6 Å². The van der Waals surface area contributed by atoms with Gasteiger partial charge in [-0.05, 0) is 56.6 Å². The van der Waals surface area contributed by atoms with E-state index in [2.05, 4.69) is 37.9 Å². The maximum atomic E-state index is 6.30. The zero-order chi connectivity index (χ0) is 17.2. The zero-order valence-electron chi connectivity index (χ0n) is 14.3. The third kappa shape index (κ3) is 3.32. The minimum absolute atomic E-state index is 0.731. The molecule has 1 aliphatic rings. The van der Waals surface area contributed by atoms with Crippen LogP contribution in [0.2, 0.25) is 5.02 Å². The minimum atomic E-state index is 0.731. The van der Waals surface area contributed by atoms with Gasteiger partial charge in [0.05, 0.1) is 12.2 Å². The van der Waals surface area contributed by atoms with Crippen LogP contribution in [-0.4, -0.2) is 32.8 Å². The molecule has 0 N–H and O–H groups in total. The molecule has 2 heterocycles. The largest absolute Gasteiger partial charge is 0.296 e. The van der Waals surface area contributed by atoms with E-state index in [1.165, 1.54) is 12.8 Å². The Kier molecular flexibility index (Phi) is 4.55. The Hall–Kier alpha value is -2.17. The number of halogens is 1. The maximum Gasteiger partial charge on any atom is 0.151 e. The molecule has 1 fully saturated rings. The van der Waals surface area contributed by atoms with E-state index < -0.39 is 0 Å². The van der Waals surface area contributed by atoms with Crippen molar-refractivity contribution in [1.82, 2.24) is 19.7 Å². The summed E-state index contributed by atoms with van der Waals surface area (Å²) < 4.78 is 2.16. The van der Waals surface area contributed by atoms with Gasteiger partial charge in [-0.2, -0.15) is 0 Å². The van der Waals surface area contributed by atoms with Gasteiger partial charge in [-0.15, -0.1) is 10.2 Å². The van der Waals surface area contributed by atoms with Gasteiger partial charge in [-0.3, -0.25) is 9.47 Å². The van der Waals surface area contributed by atoms with E-state index in [0.29, 0.717) is 0 Å². The van der Waals surface area contributed by atoms with Crippen molar-refractivity contribution in [2.45, 2.75) is 26.3 Å². The molecular formula is C20H21ClN4. The molecule has 2 aromatic carbocycles. The number of nitrogens with zero attached hydrogens (tertiary/aromatic N) is 4. The van der Waals surface area contributed by atoms with Crippen LogP contribution in [0.4, 0.5) is 0 Å². The highest BCUT2D eigenvalue weighted by atomic mass is 35.5. The first-order chi connectivity index (χ1) is 12.2. The maximum absolute atomic E-state index is 6.30. The van der Waals surface area contributed by atoms with Crippen molar-refractivity contribution in [2.75, 3.05) is 13.1 Å². The lowest BCUT2D eigenvalue weighted by molar-refractivity contribution is 0.320. The molecule has 1 aromatic heterocycles. The topological polar surface area (TPSA) is 34.0 Å². The smallest absolute Gasteiger partial charge is 0.151 e. The quantitative estimate of drug-likeness (QED) is 0.693.